The fourth-order valence-corrected chi connectivity index (χ4v) is 3.49. The minimum absolute atomic E-state index is 0.0888. The van der Waals surface area contributed by atoms with E-state index in [-0.39, 0.29) is 10.6 Å². The van der Waals surface area contributed by atoms with E-state index >= 15 is 0 Å². The predicted octanol–water partition coefficient (Wildman–Crippen LogP) is 2.79. The fourth-order valence-electron chi connectivity index (χ4n) is 1.65. The van der Waals surface area contributed by atoms with Gasteiger partial charge < -0.3 is 5.73 Å². The number of nitrogen functional groups attached to an aromatic ring is 1. The van der Waals surface area contributed by atoms with Crippen molar-refractivity contribution in [3.05, 3.63) is 48.5 Å². The lowest BCUT2D eigenvalue weighted by Gasteiger charge is -2.12. The maximum Gasteiger partial charge on any atom is 0.263 e. The lowest BCUT2D eigenvalue weighted by molar-refractivity contribution is 0.601. The topological polar surface area (TPSA) is 72.2 Å². The molecular weight excluding hydrogens is 280 g/mol. The largest absolute Gasteiger partial charge is 0.398 e. The van der Waals surface area contributed by atoms with Crippen LogP contribution >= 0.6 is 11.8 Å². The molecule has 0 heterocycles. The third-order valence-electron chi connectivity index (χ3n) is 2.56. The second-order valence-corrected chi connectivity index (χ2v) is 6.34. The summed E-state index contributed by atoms with van der Waals surface area (Å²) in [4.78, 5) is 0.950. The van der Waals surface area contributed by atoms with E-state index in [1.165, 1.54) is 17.8 Å². The van der Waals surface area contributed by atoms with Gasteiger partial charge in [0, 0.05) is 4.90 Å². The molecule has 4 nitrogen and oxygen atoms in total. The van der Waals surface area contributed by atoms with Crippen molar-refractivity contribution in [1.82, 2.24) is 0 Å². The van der Waals surface area contributed by atoms with E-state index in [4.69, 9.17) is 5.73 Å². The second kappa shape index (κ2) is 5.54. The number of thioether (sulfide) groups is 1. The fraction of sp³-hybridized carbons (Fsp3) is 0.0769. The molecule has 2 aromatic carbocycles. The smallest absolute Gasteiger partial charge is 0.263 e. The van der Waals surface area contributed by atoms with Crippen molar-refractivity contribution in [2.45, 2.75) is 9.79 Å². The maximum atomic E-state index is 12.3. The Kier molecular flexibility index (Phi) is 4.01. The van der Waals surface area contributed by atoms with Crippen molar-refractivity contribution in [3.63, 3.8) is 0 Å². The van der Waals surface area contributed by atoms with Crippen molar-refractivity contribution in [3.8, 4) is 0 Å². The molecule has 0 fully saturated rings. The molecule has 0 aliphatic carbocycles. The summed E-state index contributed by atoms with van der Waals surface area (Å²) < 4.78 is 27.1. The molecule has 3 N–H and O–H groups in total. The molecule has 0 saturated heterocycles. The highest BCUT2D eigenvalue weighted by atomic mass is 32.2. The van der Waals surface area contributed by atoms with Crippen LogP contribution in [0.4, 0.5) is 11.4 Å². The van der Waals surface area contributed by atoms with E-state index in [0.29, 0.717) is 5.69 Å². The van der Waals surface area contributed by atoms with Crippen LogP contribution in [-0.2, 0) is 10.0 Å². The van der Waals surface area contributed by atoms with Crippen molar-refractivity contribution >= 4 is 33.2 Å². The first-order valence-corrected chi connectivity index (χ1v) is 8.26. The molecule has 2 aromatic rings. The molecule has 0 aromatic heterocycles. The van der Waals surface area contributed by atoms with Crippen LogP contribution in [0.2, 0.25) is 0 Å². The van der Waals surface area contributed by atoms with Gasteiger partial charge >= 0.3 is 0 Å². The number of anilines is 2. The van der Waals surface area contributed by atoms with E-state index in [1.54, 1.807) is 30.3 Å². The highest BCUT2D eigenvalue weighted by Crippen LogP contribution is 2.28. The highest BCUT2D eigenvalue weighted by Gasteiger charge is 2.18. The minimum atomic E-state index is -3.66. The van der Waals surface area contributed by atoms with E-state index in [2.05, 4.69) is 4.72 Å². The van der Waals surface area contributed by atoms with Crippen LogP contribution < -0.4 is 10.5 Å². The van der Waals surface area contributed by atoms with Crippen LogP contribution in [0, 0.1) is 0 Å². The summed E-state index contributed by atoms with van der Waals surface area (Å²) in [6.45, 7) is 0. The first kappa shape index (κ1) is 13.8. The summed E-state index contributed by atoms with van der Waals surface area (Å²) in [5.74, 6) is 0. The standard InChI is InChI=1S/C13H14N2O2S2/c1-18-12-8-4-3-7-11(12)15-19(16,17)13-9-5-2-6-10(13)14/h2-9,15H,14H2,1H3. The number of hydrogen-bond acceptors (Lipinski definition) is 4. The average molecular weight is 294 g/mol. The number of rotatable bonds is 4. The minimum Gasteiger partial charge on any atom is -0.398 e. The van der Waals surface area contributed by atoms with Crippen LogP contribution in [0.1, 0.15) is 0 Å². The molecule has 0 aliphatic heterocycles. The first-order valence-electron chi connectivity index (χ1n) is 5.55. The molecule has 0 radical (unpaired) electrons. The van der Waals surface area contributed by atoms with Crippen molar-refractivity contribution in [1.29, 1.82) is 0 Å². The molecule has 0 atom stereocenters. The molecule has 0 unspecified atom stereocenters. The molecular formula is C13H14N2O2S2. The molecule has 2 rings (SSSR count). The third-order valence-corrected chi connectivity index (χ3v) is 4.80. The zero-order chi connectivity index (χ0) is 13.9. The lowest BCUT2D eigenvalue weighted by Crippen LogP contribution is -2.15. The summed E-state index contributed by atoms with van der Waals surface area (Å²) in [6.07, 6.45) is 1.89. The Morgan fingerprint density at radius 1 is 1.05 bits per heavy atom. The van der Waals surface area contributed by atoms with Crippen LogP contribution in [0.3, 0.4) is 0 Å². The van der Waals surface area contributed by atoms with Gasteiger partial charge in [-0.3, -0.25) is 4.72 Å². The van der Waals surface area contributed by atoms with Gasteiger partial charge in [-0.05, 0) is 30.5 Å². The molecule has 0 saturated carbocycles. The van der Waals surface area contributed by atoms with E-state index in [1.807, 2.05) is 18.4 Å². The second-order valence-electron chi connectivity index (χ2n) is 3.84. The number of nitrogens with two attached hydrogens (primary N) is 1. The molecule has 100 valence electrons. The predicted molar refractivity (Wildman–Crippen MR) is 79.9 cm³/mol. The number of hydrogen-bond donors (Lipinski definition) is 2. The third kappa shape index (κ3) is 3.02. The summed E-state index contributed by atoms with van der Waals surface area (Å²) in [5, 5.41) is 0. The SMILES string of the molecule is CSc1ccccc1NS(=O)(=O)c1ccccc1N. The quantitative estimate of drug-likeness (QED) is 0.672. The number of sulfonamides is 1. The Hall–Kier alpha value is -1.66. The van der Waals surface area contributed by atoms with Gasteiger partial charge in [0.2, 0.25) is 0 Å². The molecule has 0 amide bonds. The number of nitrogens with one attached hydrogen (secondary N) is 1. The summed E-state index contributed by atoms with van der Waals surface area (Å²) in [5.41, 5.74) is 6.49. The molecule has 0 bridgehead atoms. The van der Waals surface area contributed by atoms with Gasteiger partial charge in [-0.2, -0.15) is 0 Å². The number of benzene rings is 2. The van der Waals surface area contributed by atoms with E-state index in [0.717, 1.165) is 4.90 Å². The Morgan fingerprint density at radius 3 is 2.37 bits per heavy atom. The molecule has 0 spiro atoms. The molecule has 19 heavy (non-hydrogen) atoms. The normalized spacial score (nSPS) is 11.2. The van der Waals surface area contributed by atoms with Crippen molar-refractivity contribution < 1.29 is 8.42 Å². The van der Waals surface area contributed by atoms with Crippen LogP contribution in [-0.4, -0.2) is 14.7 Å². The van der Waals surface area contributed by atoms with Crippen LogP contribution in [0.25, 0.3) is 0 Å². The summed E-state index contributed by atoms with van der Waals surface area (Å²) in [7, 11) is -3.66. The zero-order valence-corrected chi connectivity index (χ0v) is 12.0. The van der Waals surface area contributed by atoms with Gasteiger partial charge in [0.05, 0.1) is 11.4 Å². The first-order chi connectivity index (χ1) is 9.04. The Bertz CT molecular complexity index is 685. The van der Waals surface area contributed by atoms with Crippen LogP contribution in [0.15, 0.2) is 58.3 Å². The lowest BCUT2D eigenvalue weighted by atomic mass is 10.3. The maximum absolute atomic E-state index is 12.3. The average Bonchev–Trinajstić information content (AvgIpc) is 2.39. The zero-order valence-electron chi connectivity index (χ0n) is 10.3. The molecule has 6 heteroatoms. The number of para-hydroxylation sites is 2. The van der Waals surface area contributed by atoms with Crippen molar-refractivity contribution in [2.24, 2.45) is 0 Å². The monoisotopic (exact) mass is 294 g/mol. The van der Waals surface area contributed by atoms with Gasteiger partial charge in [-0.1, -0.05) is 24.3 Å². The summed E-state index contributed by atoms with van der Waals surface area (Å²) in [6, 6.07) is 13.6. The van der Waals surface area contributed by atoms with Gasteiger partial charge in [0.1, 0.15) is 4.90 Å². The van der Waals surface area contributed by atoms with Gasteiger partial charge in [-0.15, -0.1) is 11.8 Å². The van der Waals surface area contributed by atoms with Gasteiger partial charge in [0.25, 0.3) is 10.0 Å². The Balaban J connectivity index is 2.40. The van der Waals surface area contributed by atoms with Crippen LogP contribution in [0.5, 0.6) is 0 Å². The van der Waals surface area contributed by atoms with Gasteiger partial charge in [-0.25, -0.2) is 8.42 Å². The molecule has 0 aliphatic rings. The van der Waals surface area contributed by atoms with Gasteiger partial charge in [0.15, 0.2) is 0 Å². The highest BCUT2D eigenvalue weighted by molar-refractivity contribution is 7.99. The van der Waals surface area contributed by atoms with E-state index < -0.39 is 10.0 Å². The summed E-state index contributed by atoms with van der Waals surface area (Å²) >= 11 is 1.48. The van der Waals surface area contributed by atoms with E-state index in [9.17, 15) is 8.42 Å². The van der Waals surface area contributed by atoms with Crippen molar-refractivity contribution in [2.75, 3.05) is 16.7 Å². The Morgan fingerprint density at radius 2 is 1.68 bits per heavy atom. The Labute approximate surface area is 117 Å².